The fraction of sp³-hybridized carbons (Fsp3) is 0.917. The molecule has 0 aromatic heterocycles. The largest absolute Gasteiger partial charge is 0.341 e. The Bertz CT molecular complexity index is 218. The van der Waals surface area contributed by atoms with Crippen LogP contribution < -0.4 is 5.32 Å². The van der Waals surface area contributed by atoms with Gasteiger partial charge in [-0.2, -0.15) is 0 Å². The van der Waals surface area contributed by atoms with Crippen LogP contribution in [0.3, 0.4) is 0 Å². The van der Waals surface area contributed by atoms with E-state index in [4.69, 9.17) is 0 Å². The maximum atomic E-state index is 12.1. The van der Waals surface area contributed by atoms with Crippen molar-refractivity contribution in [3.63, 3.8) is 0 Å². The third-order valence-electron chi connectivity index (χ3n) is 3.83. The minimum atomic E-state index is 0.108. The van der Waals surface area contributed by atoms with Gasteiger partial charge >= 0.3 is 0 Å². The van der Waals surface area contributed by atoms with Crippen molar-refractivity contribution in [2.75, 3.05) is 13.6 Å². The molecule has 3 heteroatoms. The molecule has 0 unspecified atom stereocenters. The van der Waals surface area contributed by atoms with Gasteiger partial charge in [-0.25, -0.2) is 0 Å². The number of nitrogens with zero attached hydrogens (tertiary/aromatic N) is 1. The smallest absolute Gasteiger partial charge is 0.239 e. The van der Waals surface area contributed by atoms with Crippen LogP contribution in [-0.4, -0.2) is 36.5 Å². The van der Waals surface area contributed by atoms with E-state index in [2.05, 4.69) is 5.32 Å². The first kappa shape index (κ1) is 10.9. The quantitative estimate of drug-likeness (QED) is 0.749. The zero-order chi connectivity index (χ0) is 10.7. The Kier molecular flexibility index (Phi) is 3.62. The van der Waals surface area contributed by atoms with E-state index >= 15 is 0 Å². The van der Waals surface area contributed by atoms with E-state index in [0.717, 1.165) is 19.4 Å². The molecule has 1 saturated heterocycles. The Labute approximate surface area is 92.2 Å². The fourth-order valence-electron chi connectivity index (χ4n) is 2.79. The van der Waals surface area contributed by atoms with Crippen molar-refractivity contribution in [1.29, 1.82) is 0 Å². The molecular weight excluding hydrogens is 188 g/mol. The van der Waals surface area contributed by atoms with Gasteiger partial charge in [-0.3, -0.25) is 4.79 Å². The molecule has 0 aromatic rings. The minimum Gasteiger partial charge on any atom is -0.341 e. The highest BCUT2D eigenvalue weighted by Gasteiger charge is 2.29. The molecule has 2 fully saturated rings. The summed E-state index contributed by atoms with van der Waals surface area (Å²) >= 11 is 0. The van der Waals surface area contributed by atoms with Crippen molar-refractivity contribution in [2.24, 2.45) is 0 Å². The van der Waals surface area contributed by atoms with E-state index in [9.17, 15) is 4.79 Å². The normalized spacial score (nSPS) is 27.9. The highest BCUT2D eigenvalue weighted by Crippen LogP contribution is 2.22. The molecule has 1 atom stereocenters. The van der Waals surface area contributed by atoms with Gasteiger partial charge in [0.05, 0.1) is 6.04 Å². The summed E-state index contributed by atoms with van der Waals surface area (Å²) in [6, 6.07) is 0.616. The molecule has 1 aliphatic heterocycles. The highest BCUT2D eigenvalue weighted by molar-refractivity contribution is 5.82. The number of likely N-dealkylation sites (N-methyl/N-ethyl adjacent to an activating group) is 1. The predicted octanol–water partition coefficient (Wildman–Crippen LogP) is 1.53. The van der Waals surface area contributed by atoms with Crippen LogP contribution in [0.15, 0.2) is 0 Å². The van der Waals surface area contributed by atoms with Gasteiger partial charge in [0.25, 0.3) is 0 Å². The first-order chi connectivity index (χ1) is 7.29. The lowest BCUT2D eigenvalue weighted by molar-refractivity contribution is -0.134. The molecule has 2 rings (SSSR count). The van der Waals surface area contributed by atoms with Gasteiger partial charge in [-0.05, 0) is 32.2 Å². The molecule has 0 bridgehead atoms. The molecular formula is C12H22N2O. The first-order valence-electron chi connectivity index (χ1n) is 6.29. The summed E-state index contributed by atoms with van der Waals surface area (Å²) in [7, 11) is 1.98. The Hall–Kier alpha value is -0.570. The predicted molar refractivity (Wildman–Crippen MR) is 60.7 cm³/mol. The molecule has 86 valence electrons. The number of hydrogen-bond donors (Lipinski definition) is 1. The van der Waals surface area contributed by atoms with E-state index in [1.54, 1.807) is 0 Å². The van der Waals surface area contributed by atoms with E-state index in [0.29, 0.717) is 11.9 Å². The summed E-state index contributed by atoms with van der Waals surface area (Å²) in [5.74, 6) is 0.319. The summed E-state index contributed by atoms with van der Waals surface area (Å²) in [6.07, 6.45) is 8.51. The molecule has 2 aliphatic rings. The zero-order valence-electron chi connectivity index (χ0n) is 9.67. The second-order valence-corrected chi connectivity index (χ2v) is 4.89. The minimum absolute atomic E-state index is 0.108. The standard InChI is InChI=1S/C12H22N2O/c1-14(10-6-3-2-4-7-10)12(15)11-8-5-9-13-11/h10-11,13H,2-9H2,1H3/t11-/m1/s1. The van der Waals surface area contributed by atoms with Crippen molar-refractivity contribution in [2.45, 2.75) is 57.0 Å². The van der Waals surface area contributed by atoms with Gasteiger partial charge in [0.1, 0.15) is 0 Å². The second kappa shape index (κ2) is 4.97. The van der Waals surface area contributed by atoms with Crippen LogP contribution >= 0.6 is 0 Å². The molecule has 0 aromatic carbocycles. The molecule has 3 nitrogen and oxygen atoms in total. The zero-order valence-corrected chi connectivity index (χ0v) is 9.67. The summed E-state index contributed by atoms with van der Waals surface area (Å²) in [6.45, 7) is 1.01. The third-order valence-corrected chi connectivity index (χ3v) is 3.83. The Morgan fingerprint density at radius 1 is 1.13 bits per heavy atom. The van der Waals surface area contributed by atoms with E-state index in [1.807, 2.05) is 11.9 Å². The molecule has 1 heterocycles. The van der Waals surface area contributed by atoms with Crippen LogP contribution in [0.4, 0.5) is 0 Å². The van der Waals surface area contributed by atoms with E-state index in [-0.39, 0.29) is 6.04 Å². The van der Waals surface area contributed by atoms with Crippen molar-refractivity contribution in [3.05, 3.63) is 0 Å². The maximum Gasteiger partial charge on any atom is 0.239 e. The Morgan fingerprint density at radius 2 is 1.87 bits per heavy atom. The average Bonchev–Trinajstić information content (AvgIpc) is 2.82. The molecule has 1 amide bonds. The van der Waals surface area contributed by atoms with Gasteiger partial charge in [0.15, 0.2) is 0 Å². The lowest BCUT2D eigenvalue weighted by Gasteiger charge is -2.32. The number of carbonyl (C=O) groups excluding carboxylic acids is 1. The van der Waals surface area contributed by atoms with Crippen molar-refractivity contribution >= 4 is 5.91 Å². The molecule has 1 saturated carbocycles. The SMILES string of the molecule is CN(C(=O)[C@H]1CCCN1)C1CCCCC1. The van der Waals surface area contributed by atoms with Gasteiger partial charge in [-0.15, -0.1) is 0 Å². The third kappa shape index (κ3) is 2.51. The van der Waals surface area contributed by atoms with Crippen LogP contribution in [0.25, 0.3) is 0 Å². The van der Waals surface area contributed by atoms with E-state index < -0.39 is 0 Å². The number of carbonyl (C=O) groups is 1. The number of amides is 1. The summed E-state index contributed by atoms with van der Waals surface area (Å²) in [5.41, 5.74) is 0. The molecule has 1 aliphatic carbocycles. The highest BCUT2D eigenvalue weighted by atomic mass is 16.2. The average molecular weight is 210 g/mol. The van der Waals surface area contributed by atoms with Crippen molar-refractivity contribution < 1.29 is 4.79 Å². The second-order valence-electron chi connectivity index (χ2n) is 4.89. The van der Waals surface area contributed by atoms with Crippen molar-refractivity contribution in [1.82, 2.24) is 10.2 Å². The fourth-order valence-corrected chi connectivity index (χ4v) is 2.79. The summed E-state index contributed by atoms with van der Waals surface area (Å²) in [5, 5.41) is 3.29. The number of nitrogens with one attached hydrogen (secondary N) is 1. The molecule has 1 N–H and O–H groups in total. The first-order valence-corrected chi connectivity index (χ1v) is 6.29. The van der Waals surface area contributed by atoms with Crippen molar-refractivity contribution in [3.8, 4) is 0 Å². The van der Waals surface area contributed by atoms with Crippen LogP contribution in [0.2, 0.25) is 0 Å². The van der Waals surface area contributed by atoms with Crippen LogP contribution in [-0.2, 0) is 4.79 Å². The van der Waals surface area contributed by atoms with Crippen LogP contribution in [0.5, 0.6) is 0 Å². The molecule has 0 spiro atoms. The number of rotatable bonds is 2. The van der Waals surface area contributed by atoms with Gasteiger partial charge < -0.3 is 10.2 Å². The monoisotopic (exact) mass is 210 g/mol. The lowest BCUT2D eigenvalue weighted by atomic mass is 9.94. The van der Waals surface area contributed by atoms with Gasteiger partial charge in [-0.1, -0.05) is 19.3 Å². The van der Waals surface area contributed by atoms with Crippen LogP contribution in [0.1, 0.15) is 44.9 Å². The summed E-state index contributed by atoms with van der Waals surface area (Å²) in [4.78, 5) is 14.1. The maximum absolute atomic E-state index is 12.1. The van der Waals surface area contributed by atoms with Gasteiger partial charge in [0, 0.05) is 13.1 Å². The Balaban J connectivity index is 1.87. The van der Waals surface area contributed by atoms with E-state index in [1.165, 1.54) is 32.1 Å². The molecule has 15 heavy (non-hydrogen) atoms. The number of hydrogen-bond acceptors (Lipinski definition) is 2. The lowest BCUT2D eigenvalue weighted by Crippen LogP contribution is -2.46. The van der Waals surface area contributed by atoms with Crippen LogP contribution in [0, 0.1) is 0 Å². The Morgan fingerprint density at radius 3 is 2.47 bits per heavy atom. The van der Waals surface area contributed by atoms with Gasteiger partial charge in [0.2, 0.25) is 5.91 Å². The topological polar surface area (TPSA) is 32.3 Å². The molecule has 0 radical (unpaired) electrons. The summed E-state index contributed by atoms with van der Waals surface area (Å²) < 4.78 is 0.